The topological polar surface area (TPSA) is 75.1 Å². The Morgan fingerprint density at radius 3 is 3.00 bits per heavy atom. The third-order valence-electron chi connectivity index (χ3n) is 2.43. The van der Waals surface area contributed by atoms with Crippen molar-refractivity contribution in [3.05, 3.63) is 40.4 Å². The molecule has 0 unspecified atom stereocenters. The van der Waals surface area contributed by atoms with Crippen molar-refractivity contribution in [2.45, 2.75) is 13.3 Å². The number of hydrogen-bond acceptors (Lipinski definition) is 5. The number of aryl methyl sites for hydroxylation is 1. The molecule has 2 rings (SSSR count). The molecule has 0 aliphatic heterocycles. The van der Waals surface area contributed by atoms with Crippen LogP contribution in [0.3, 0.4) is 0 Å². The molecule has 2 aromatic rings. The lowest BCUT2D eigenvalue weighted by Crippen LogP contribution is -2.11. The number of carbonyl (C=O) groups excluding carboxylic acids is 1. The van der Waals surface area contributed by atoms with E-state index in [2.05, 4.69) is 27.4 Å². The number of aliphatic hydroxyl groups is 1. The van der Waals surface area contributed by atoms with Gasteiger partial charge in [-0.3, -0.25) is 10.1 Å². The summed E-state index contributed by atoms with van der Waals surface area (Å²) < 4.78 is 0. The van der Waals surface area contributed by atoms with Crippen LogP contribution in [0.4, 0.5) is 5.13 Å². The number of aromatic nitrogens is 2. The molecule has 0 radical (unpaired) electrons. The zero-order valence-corrected chi connectivity index (χ0v) is 11.7. The highest BCUT2D eigenvalue weighted by Gasteiger charge is 2.09. The Hall–Kier alpha value is -2.23. The van der Waals surface area contributed by atoms with Gasteiger partial charge in [-0.15, -0.1) is 10.2 Å². The number of carbonyl (C=O) groups is 1. The summed E-state index contributed by atoms with van der Waals surface area (Å²) in [4.78, 5) is 12.1. The maximum atomic E-state index is 12.1. The molecule has 0 bridgehead atoms. The van der Waals surface area contributed by atoms with Crippen LogP contribution >= 0.6 is 11.3 Å². The molecule has 102 valence electrons. The molecule has 1 aromatic carbocycles. The van der Waals surface area contributed by atoms with Gasteiger partial charge in [0, 0.05) is 11.1 Å². The number of aliphatic hydroxyl groups excluding tert-OH is 1. The Morgan fingerprint density at radius 1 is 1.45 bits per heavy atom. The highest BCUT2D eigenvalue weighted by Crippen LogP contribution is 2.16. The van der Waals surface area contributed by atoms with E-state index in [4.69, 9.17) is 5.11 Å². The van der Waals surface area contributed by atoms with Gasteiger partial charge in [-0.25, -0.2) is 0 Å². The molecule has 6 heteroatoms. The van der Waals surface area contributed by atoms with Gasteiger partial charge in [-0.1, -0.05) is 36.2 Å². The van der Waals surface area contributed by atoms with Gasteiger partial charge in [0.1, 0.15) is 11.6 Å². The van der Waals surface area contributed by atoms with Crippen molar-refractivity contribution in [1.29, 1.82) is 0 Å². The molecule has 0 saturated heterocycles. The van der Waals surface area contributed by atoms with Gasteiger partial charge < -0.3 is 5.11 Å². The van der Waals surface area contributed by atoms with Crippen LogP contribution in [0.15, 0.2) is 24.3 Å². The van der Waals surface area contributed by atoms with E-state index in [1.807, 2.05) is 6.92 Å². The minimum atomic E-state index is -0.253. The van der Waals surface area contributed by atoms with Gasteiger partial charge in [-0.05, 0) is 24.6 Å². The van der Waals surface area contributed by atoms with Crippen LogP contribution in [0.25, 0.3) is 0 Å². The van der Waals surface area contributed by atoms with E-state index in [0.717, 1.165) is 11.4 Å². The molecule has 0 atom stereocenters. The lowest BCUT2D eigenvalue weighted by Gasteiger charge is -2.01. The predicted molar refractivity (Wildman–Crippen MR) is 77.6 cm³/mol. The second-order valence-electron chi connectivity index (χ2n) is 3.85. The van der Waals surface area contributed by atoms with E-state index in [1.54, 1.807) is 24.3 Å². The van der Waals surface area contributed by atoms with Crippen LogP contribution in [-0.4, -0.2) is 27.8 Å². The molecule has 0 aliphatic carbocycles. The summed E-state index contributed by atoms with van der Waals surface area (Å²) in [5.74, 6) is 5.05. The highest BCUT2D eigenvalue weighted by atomic mass is 32.1. The van der Waals surface area contributed by atoms with Gasteiger partial charge in [-0.2, -0.15) is 0 Å². The zero-order valence-electron chi connectivity index (χ0n) is 10.9. The molecule has 1 amide bonds. The van der Waals surface area contributed by atoms with Gasteiger partial charge in [0.2, 0.25) is 5.13 Å². The van der Waals surface area contributed by atoms with Crippen LogP contribution in [0.2, 0.25) is 0 Å². The summed E-state index contributed by atoms with van der Waals surface area (Å²) in [7, 11) is 0. The number of hydrogen-bond donors (Lipinski definition) is 2. The van der Waals surface area contributed by atoms with Crippen LogP contribution in [0.1, 0.15) is 27.9 Å². The number of nitrogens with zero attached hydrogens (tertiary/aromatic N) is 2. The summed E-state index contributed by atoms with van der Waals surface area (Å²) in [5.41, 5.74) is 1.17. The van der Waals surface area contributed by atoms with Gasteiger partial charge >= 0.3 is 0 Å². The zero-order chi connectivity index (χ0) is 14.4. The summed E-state index contributed by atoms with van der Waals surface area (Å²) in [6, 6.07) is 6.88. The minimum Gasteiger partial charge on any atom is -0.384 e. The Labute approximate surface area is 120 Å². The lowest BCUT2D eigenvalue weighted by atomic mass is 10.1. The van der Waals surface area contributed by atoms with Crippen molar-refractivity contribution < 1.29 is 9.90 Å². The highest BCUT2D eigenvalue weighted by molar-refractivity contribution is 7.15. The second kappa shape index (κ2) is 6.80. The Morgan fingerprint density at radius 2 is 2.30 bits per heavy atom. The van der Waals surface area contributed by atoms with Gasteiger partial charge in [0.15, 0.2) is 0 Å². The van der Waals surface area contributed by atoms with Crippen molar-refractivity contribution >= 4 is 22.4 Å². The largest absolute Gasteiger partial charge is 0.384 e. The molecule has 0 spiro atoms. The molecular weight excluding hydrogens is 274 g/mol. The number of benzene rings is 1. The van der Waals surface area contributed by atoms with Gasteiger partial charge in [0.25, 0.3) is 5.91 Å². The number of rotatable bonds is 3. The van der Waals surface area contributed by atoms with E-state index in [0.29, 0.717) is 16.3 Å². The predicted octanol–water partition coefficient (Wildman–Crippen LogP) is 1.70. The average Bonchev–Trinajstić information content (AvgIpc) is 2.93. The fourth-order valence-corrected chi connectivity index (χ4v) is 2.17. The maximum absolute atomic E-state index is 12.1. The van der Waals surface area contributed by atoms with Crippen LogP contribution < -0.4 is 5.32 Å². The summed E-state index contributed by atoms with van der Waals surface area (Å²) in [5, 5.41) is 20.6. The van der Waals surface area contributed by atoms with E-state index >= 15 is 0 Å². The summed E-state index contributed by atoms with van der Waals surface area (Å²) in [6.07, 6.45) is 0.791. The molecule has 1 aromatic heterocycles. The molecule has 20 heavy (non-hydrogen) atoms. The fourth-order valence-electron chi connectivity index (χ4n) is 1.50. The number of nitrogens with one attached hydrogen (secondary N) is 1. The Kier molecular flexibility index (Phi) is 4.82. The first-order chi connectivity index (χ1) is 9.72. The second-order valence-corrected chi connectivity index (χ2v) is 4.91. The van der Waals surface area contributed by atoms with Crippen molar-refractivity contribution in [3.8, 4) is 11.8 Å². The summed E-state index contributed by atoms with van der Waals surface area (Å²) >= 11 is 1.36. The van der Waals surface area contributed by atoms with Crippen molar-refractivity contribution in [2.24, 2.45) is 0 Å². The van der Waals surface area contributed by atoms with Crippen LogP contribution in [0, 0.1) is 11.8 Å². The molecule has 0 saturated carbocycles. The fraction of sp³-hybridized carbons (Fsp3) is 0.214. The first-order valence-electron chi connectivity index (χ1n) is 6.06. The smallest absolute Gasteiger partial charge is 0.257 e. The molecule has 0 fully saturated rings. The minimum absolute atomic E-state index is 0.207. The summed E-state index contributed by atoms with van der Waals surface area (Å²) in [6.45, 7) is 1.77. The third kappa shape index (κ3) is 3.63. The number of amides is 1. The number of anilines is 1. The van der Waals surface area contributed by atoms with Crippen molar-refractivity contribution in [2.75, 3.05) is 11.9 Å². The molecular formula is C14H13N3O2S. The van der Waals surface area contributed by atoms with Crippen LogP contribution in [-0.2, 0) is 6.42 Å². The maximum Gasteiger partial charge on any atom is 0.257 e. The quantitative estimate of drug-likeness (QED) is 0.843. The van der Waals surface area contributed by atoms with Crippen LogP contribution in [0.5, 0.6) is 0 Å². The lowest BCUT2D eigenvalue weighted by molar-refractivity contribution is 0.102. The molecule has 1 heterocycles. The van der Waals surface area contributed by atoms with Crippen molar-refractivity contribution in [3.63, 3.8) is 0 Å². The van der Waals surface area contributed by atoms with E-state index in [9.17, 15) is 4.79 Å². The molecule has 0 aliphatic rings. The Bertz CT molecular complexity index is 670. The molecule has 5 nitrogen and oxygen atoms in total. The van der Waals surface area contributed by atoms with E-state index in [1.165, 1.54) is 11.3 Å². The molecule has 2 N–H and O–H groups in total. The average molecular weight is 287 g/mol. The standard InChI is InChI=1S/C14H13N3O2S/c1-2-12-16-17-14(20-12)15-13(19)11-7-3-5-10(9-11)6-4-8-18/h3,5,7,9,18H,2,8H2,1H3,(H,15,17,19). The third-order valence-corrected chi connectivity index (χ3v) is 3.41. The monoisotopic (exact) mass is 287 g/mol. The first-order valence-corrected chi connectivity index (χ1v) is 6.88. The van der Waals surface area contributed by atoms with E-state index < -0.39 is 0 Å². The first kappa shape index (κ1) is 14.2. The normalized spacial score (nSPS) is 9.70. The van der Waals surface area contributed by atoms with Crippen molar-refractivity contribution in [1.82, 2.24) is 10.2 Å². The Balaban J connectivity index is 2.12. The van der Waals surface area contributed by atoms with Gasteiger partial charge in [0.05, 0.1) is 0 Å². The SMILES string of the molecule is CCc1nnc(NC(=O)c2cccc(C#CCO)c2)s1. The van der Waals surface area contributed by atoms with E-state index in [-0.39, 0.29) is 12.5 Å².